The Hall–Kier alpha value is -1.21. The number of alkyl carbamates (subject to hydrolysis) is 1. The van der Waals surface area contributed by atoms with Gasteiger partial charge in [-0.2, -0.15) is 0 Å². The van der Waals surface area contributed by atoms with Crippen molar-refractivity contribution in [3.63, 3.8) is 0 Å². The molecule has 1 unspecified atom stereocenters. The summed E-state index contributed by atoms with van der Waals surface area (Å²) >= 11 is 5.24. The number of carbonyl (C=O) groups is 2. The Balaban J connectivity index is 2.39. The summed E-state index contributed by atoms with van der Waals surface area (Å²) in [7, 11) is 0. The second-order valence-electron chi connectivity index (χ2n) is 3.50. The maximum absolute atomic E-state index is 11.2. The van der Waals surface area contributed by atoms with E-state index in [1.165, 1.54) is 0 Å². The summed E-state index contributed by atoms with van der Waals surface area (Å²) in [5.41, 5.74) is 0. The van der Waals surface area contributed by atoms with E-state index in [1.807, 2.05) is 5.32 Å². The first kappa shape index (κ1) is 12.9. The van der Waals surface area contributed by atoms with Crippen LogP contribution < -0.4 is 5.32 Å². The number of carbonyl (C=O) groups excluding carboxylic acids is 2. The van der Waals surface area contributed by atoms with Crippen LogP contribution >= 0.6 is 11.6 Å². The van der Waals surface area contributed by atoms with Crippen molar-refractivity contribution in [2.75, 3.05) is 5.88 Å². The zero-order chi connectivity index (χ0) is 11.8. The number of alkyl halides is 1. The molecule has 2 amide bonds. The van der Waals surface area contributed by atoms with Crippen molar-refractivity contribution in [1.29, 1.82) is 0 Å². The number of hydrogen-bond acceptors (Lipinski definition) is 3. The first-order valence-electron chi connectivity index (χ1n) is 5.27. The Kier molecular flexibility index (Phi) is 5.73. The van der Waals surface area contributed by atoms with Crippen LogP contribution in [0.2, 0.25) is 0 Å². The lowest BCUT2D eigenvalue weighted by Crippen LogP contribution is -2.34. The van der Waals surface area contributed by atoms with Crippen LogP contribution in [0.25, 0.3) is 0 Å². The summed E-state index contributed by atoms with van der Waals surface area (Å²) in [5, 5.41) is 2.01. The molecule has 5 heteroatoms. The molecule has 0 saturated heterocycles. The SMILES string of the molecule is O=C(CCl)NC(=O)OC1C#CCCCCC1. The first-order chi connectivity index (χ1) is 7.72. The highest BCUT2D eigenvalue weighted by molar-refractivity contribution is 6.28. The molecule has 88 valence electrons. The lowest BCUT2D eigenvalue weighted by molar-refractivity contribution is -0.118. The molecule has 0 aliphatic heterocycles. The average molecular weight is 244 g/mol. The van der Waals surface area contributed by atoms with Crippen molar-refractivity contribution in [1.82, 2.24) is 5.32 Å². The zero-order valence-electron chi connectivity index (χ0n) is 8.92. The molecular formula is C11H14ClNO3. The molecule has 0 spiro atoms. The van der Waals surface area contributed by atoms with Gasteiger partial charge < -0.3 is 4.74 Å². The predicted octanol–water partition coefficient (Wildman–Crippen LogP) is 1.81. The van der Waals surface area contributed by atoms with E-state index in [1.54, 1.807) is 0 Å². The smallest absolute Gasteiger partial charge is 0.415 e. The van der Waals surface area contributed by atoms with Gasteiger partial charge in [0.1, 0.15) is 5.88 Å². The number of hydrogen-bond donors (Lipinski definition) is 1. The van der Waals surface area contributed by atoms with Crippen molar-refractivity contribution in [2.45, 2.75) is 38.2 Å². The van der Waals surface area contributed by atoms with Crippen LogP contribution in [-0.4, -0.2) is 24.0 Å². The largest absolute Gasteiger partial charge is 0.433 e. The fourth-order valence-corrected chi connectivity index (χ4v) is 1.44. The summed E-state index contributed by atoms with van der Waals surface area (Å²) in [6, 6.07) is 0. The molecule has 0 saturated carbocycles. The molecule has 0 aromatic carbocycles. The molecule has 1 aliphatic carbocycles. The number of ether oxygens (including phenoxy) is 1. The van der Waals surface area contributed by atoms with Crippen LogP contribution in [0, 0.1) is 11.8 Å². The topological polar surface area (TPSA) is 55.4 Å². The maximum atomic E-state index is 11.2. The van der Waals surface area contributed by atoms with Gasteiger partial charge in [0.2, 0.25) is 5.91 Å². The number of halogens is 1. The molecule has 0 bridgehead atoms. The average Bonchev–Trinajstić information content (AvgIpc) is 2.21. The Labute approximate surface area is 99.7 Å². The van der Waals surface area contributed by atoms with Crippen molar-refractivity contribution >= 4 is 23.6 Å². The summed E-state index contributed by atoms with van der Waals surface area (Å²) < 4.78 is 5.00. The Morgan fingerprint density at radius 1 is 1.38 bits per heavy atom. The van der Waals surface area contributed by atoms with Gasteiger partial charge in [-0.15, -0.1) is 11.6 Å². The number of rotatable bonds is 2. The molecule has 0 aromatic heterocycles. The van der Waals surface area contributed by atoms with Crippen LogP contribution in [0.15, 0.2) is 0 Å². The minimum absolute atomic E-state index is 0.258. The van der Waals surface area contributed by atoms with Gasteiger partial charge in [0.15, 0.2) is 6.10 Å². The molecule has 1 rings (SSSR count). The standard InChI is InChI=1S/C11H14ClNO3/c12-8-10(14)13-11(15)16-9-6-4-2-1-3-5-7-9/h9H,1-4,6,8H2,(H,13,14,15). The van der Waals surface area contributed by atoms with Gasteiger partial charge in [0.05, 0.1) is 0 Å². The Morgan fingerprint density at radius 3 is 2.94 bits per heavy atom. The second-order valence-corrected chi connectivity index (χ2v) is 3.76. The molecule has 1 aliphatic rings. The minimum atomic E-state index is -0.773. The number of amides is 2. The van der Waals surface area contributed by atoms with E-state index in [9.17, 15) is 9.59 Å². The van der Waals surface area contributed by atoms with Gasteiger partial charge in [0.25, 0.3) is 0 Å². The van der Waals surface area contributed by atoms with Crippen LogP contribution in [0.4, 0.5) is 4.79 Å². The third kappa shape index (κ3) is 5.04. The van der Waals surface area contributed by atoms with Gasteiger partial charge in [-0.1, -0.05) is 18.3 Å². The lowest BCUT2D eigenvalue weighted by atomic mass is 10.1. The highest BCUT2D eigenvalue weighted by Crippen LogP contribution is 2.10. The summed E-state index contributed by atoms with van der Waals surface area (Å²) in [6.07, 6.45) is 3.54. The van der Waals surface area contributed by atoms with Gasteiger partial charge in [-0.3, -0.25) is 10.1 Å². The van der Waals surface area contributed by atoms with Crippen molar-refractivity contribution in [2.24, 2.45) is 0 Å². The Bertz CT molecular complexity index is 319. The zero-order valence-corrected chi connectivity index (χ0v) is 9.68. The summed E-state index contributed by atoms with van der Waals surface area (Å²) in [5.74, 6) is 4.99. The predicted molar refractivity (Wildman–Crippen MR) is 60.0 cm³/mol. The van der Waals surface area contributed by atoms with E-state index in [0.29, 0.717) is 0 Å². The lowest BCUT2D eigenvalue weighted by Gasteiger charge is -2.13. The Morgan fingerprint density at radius 2 is 2.19 bits per heavy atom. The highest BCUT2D eigenvalue weighted by atomic mass is 35.5. The molecule has 0 aromatic rings. The van der Waals surface area contributed by atoms with E-state index in [-0.39, 0.29) is 5.88 Å². The number of imide groups is 1. The van der Waals surface area contributed by atoms with E-state index >= 15 is 0 Å². The van der Waals surface area contributed by atoms with E-state index in [2.05, 4.69) is 11.8 Å². The molecule has 0 fully saturated rings. The summed E-state index contributed by atoms with van der Waals surface area (Å²) in [4.78, 5) is 22.0. The number of nitrogens with one attached hydrogen (secondary N) is 1. The highest BCUT2D eigenvalue weighted by Gasteiger charge is 2.14. The van der Waals surface area contributed by atoms with E-state index < -0.39 is 18.1 Å². The summed E-state index contributed by atoms with van der Waals surface area (Å²) in [6.45, 7) is 0. The third-order valence-electron chi connectivity index (χ3n) is 2.14. The molecule has 0 heterocycles. The molecule has 1 atom stereocenters. The van der Waals surface area contributed by atoms with Crippen molar-refractivity contribution in [3.8, 4) is 11.8 Å². The minimum Gasteiger partial charge on any atom is -0.433 e. The van der Waals surface area contributed by atoms with Crippen LogP contribution in [0.1, 0.15) is 32.1 Å². The molecular weight excluding hydrogens is 230 g/mol. The quantitative estimate of drug-likeness (QED) is 0.595. The third-order valence-corrected chi connectivity index (χ3v) is 2.39. The van der Waals surface area contributed by atoms with E-state index in [0.717, 1.165) is 32.1 Å². The fraction of sp³-hybridized carbons (Fsp3) is 0.636. The molecule has 4 nitrogen and oxygen atoms in total. The molecule has 0 radical (unpaired) electrons. The van der Waals surface area contributed by atoms with Crippen molar-refractivity contribution < 1.29 is 14.3 Å². The fourth-order valence-electron chi connectivity index (χ4n) is 1.37. The van der Waals surface area contributed by atoms with Gasteiger partial charge in [-0.05, 0) is 19.3 Å². The first-order valence-corrected chi connectivity index (χ1v) is 5.80. The second kappa shape index (κ2) is 7.13. The maximum Gasteiger partial charge on any atom is 0.415 e. The van der Waals surface area contributed by atoms with Crippen LogP contribution in [-0.2, 0) is 9.53 Å². The van der Waals surface area contributed by atoms with Gasteiger partial charge in [-0.25, -0.2) is 4.79 Å². The monoisotopic (exact) mass is 243 g/mol. The van der Waals surface area contributed by atoms with E-state index in [4.69, 9.17) is 16.3 Å². The normalized spacial score (nSPS) is 19.7. The van der Waals surface area contributed by atoms with Crippen molar-refractivity contribution in [3.05, 3.63) is 0 Å². The van der Waals surface area contributed by atoms with Crippen LogP contribution in [0.3, 0.4) is 0 Å². The molecule has 16 heavy (non-hydrogen) atoms. The van der Waals surface area contributed by atoms with Gasteiger partial charge >= 0.3 is 6.09 Å². The van der Waals surface area contributed by atoms with Gasteiger partial charge in [0, 0.05) is 6.42 Å². The van der Waals surface area contributed by atoms with Crippen LogP contribution in [0.5, 0.6) is 0 Å². The molecule has 1 N–H and O–H groups in total.